The second kappa shape index (κ2) is 7.72. The summed E-state index contributed by atoms with van der Waals surface area (Å²) in [5.41, 5.74) is 6.49. The molecule has 4 nitrogen and oxygen atoms in total. The van der Waals surface area contributed by atoms with Crippen molar-refractivity contribution in [3.8, 4) is 0 Å². The van der Waals surface area contributed by atoms with Crippen LogP contribution >= 0.6 is 0 Å². The Labute approximate surface area is 120 Å². The van der Waals surface area contributed by atoms with Crippen LogP contribution in [0.5, 0.6) is 0 Å². The van der Waals surface area contributed by atoms with Gasteiger partial charge in [-0.3, -0.25) is 0 Å². The smallest absolute Gasteiger partial charge is 0.175 e. The monoisotopic (exact) mass is 281 g/mol. The molecule has 1 aromatic carbocycles. The normalized spacial score (nSPS) is 13.3. The van der Waals surface area contributed by atoms with Crippen molar-refractivity contribution in [3.05, 3.63) is 29.6 Å². The Morgan fingerprint density at radius 2 is 2.15 bits per heavy atom. The highest BCUT2D eigenvalue weighted by atomic mass is 19.1. The van der Waals surface area contributed by atoms with Gasteiger partial charge in [-0.25, -0.2) is 4.39 Å². The van der Waals surface area contributed by atoms with Gasteiger partial charge in [0.15, 0.2) is 5.84 Å². The molecule has 20 heavy (non-hydrogen) atoms. The zero-order chi connectivity index (χ0) is 15.1. The molecule has 0 saturated heterocycles. The maximum absolute atomic E-state index is 14.0. The summed E-state index contributed by atoms with van der Waals surface area (Å²) in [6, 6.07) is 5.05. The van der Waals surface area contributed by atoms with Crippen LogP contribution in [0.4, 0.5) is 10.1 Å². The topological polar surface area (TPSA) is 61.8 Å². The van der Waals surface area contributed by atoms with E-state index in [1.54, 1.807) is 6.07 Å². The summed E-state index contributed by atoms with van der Waals surface area (Å²) in [6.45, 7) is 7.12. The minimum Gasteiger partial charge on any atom is -0.409 e. The first-order chi connectivity index (χ1) is 9.56. The Bertz CT molecular complexity index is 462. The number of benzene rings is 1. The molecule has 0 fully saturated rings. The van der Waals surface area contributed by atoms with Crippen LogP contribution < -0.4 is 10.6 Å². The molecule has 112 valence electrons. The number of oxime groups is 1. The van der Waals surface area contributed by atoms with E-state index >= 15 is 0 Å². The minimum absolute atomic E-state index is 0.173. The molecule has 1 rings (SSSR count). The summed E-state index contributed by atoms with van der Waals surface area (Å²) in [7, 11) is 0. The van der Waals surface area contributed by atoms with E-state index in [4.69, 9.17) is 10.9 Å². The van der Waals surface area contributed by atoms with Gasteiger partial charge < -0.3 is 15.8 Å². The largest absolute Gasteiger partial charge is 0.409 e. The molecule has 5 heteroatoms. The van der Waals surface area contributed by atoms with Gasteiger partial charge in [0.2, 0.25) is 0 Å². The molecule has 0 aliphatic rings. The molecule has 3 N–H and O–H groups in total. The van der Waals surface area contributed by atoms with E-state index in [1.807, 2.05) is 6.07 Å². The molecule has 1 atom stereocenters. The van der Waals surface area contributed by atoms with Crippen molar-refractivity contribution in [2.75, 3.05) is 11.4 Å². The Morgan fingerprint density at radius 3 is 2.70 bits per heavy atom. The second-order valence-corrected chi connectivity index (χ2v) is 4.92. The molecular weight excluding hydrogens is 257 g/mol. The van der Waals surface area contributed by atoms with Crippen molar-refractivity contribution in [2.45, 2.75) is 46.1 Å². The van der Waals surface area contributed by atoms with Gasteiger partial charge in [-0.1, -0.05) is 31.5 Å². The number of anilines is 1. The van der Waals surface area contributed by atoms with Gasteiger partial charge in [-0.2, -0.15) is 0 Å². The molecule has 0 heterocycles. The van der Waals surface area contributed by atoms with Crippen LogP contribution in [0.3, 0.4) is 0 Å². The van der Waals surface area contributed by atoms with Crippen LogP contribution in [-0.2, 0) is 0 Å². The lowest BCUT2D eigenvalue weighted by Gasteiger charge is -2.32. The Kier molecular flexibility index (Phi) is 6.28. The van der Waals surface area contributed by atoms with E-state index in [2.05, 4.69) is 30.8 Å². The molecule has 1 unspecified atom stereocenters. The molecule has 0 aromatic heterocycles. The van der Waals surface area contributed by atoms with Crippen LogP contribution in [-0.4, -0.2) is 23.6 Å². The third-order valence-corrected chi connectivity index (χ3v) is 3.54. The summed E-state index contributed by atoms with van der Waals surface area (Å²) >= 11 is 0. The second-order valence-electron chi connectivity index (χ2n) is 4.92. The number of nitrogens with two attached hydrogens (primary N) is 1. The first kappa shape index (κ1) is 16.3. The van der Waals surface area contributed by atoms with Gasteiger partial charge in [0.1, 0.15) is 5.82 Å². The maximum atomic E-state index is 14.0. The molecule has 0 spiro atoms. The molecule has 0 bridgehead atoms. The van der Waals surface area contributed by atoms with Gasteiger partial charge in [-0.05, 0) is 31.9 Å². The molecule has 1 aromatic rings. The lowest BCUT2D eigenvalue weighted by atomic mass is 10.1. The average molecular weight is 281 g/mol. The fourth-order valence-corrected chi connectivity index (χ4v) is 2.18. The predicted octanol–water partition coefficient (Wildman–Crippen LogP) is 3.33. The van der Waals surface area contributed by atoms with Crippen molar-refractivity contribution >= 4 is 11.5 Å². The number of halogens is 1. The summed E-state index contributed by atoms with van der Waals surface area (Å²) in [4.78, 5) is 2.12. The quantitative estimate of drug-likeness (QED) is 0.349. The van der Waals surface area contributed by atoms with Crippen molar-refractivity contribution < 1.29 is 9.60 Å². The Balaban J connectivity index is 3.28. The SMILES string of the molecule is CCCCN(c1cccc(F)c1C(N)=NO)C(C)CC. The minimum atomic E-state index is -0.470. The standard InChI is InChI=1S/C15H24FN3O/c1-4-6-10-19(11(3)5-2)13-9-7-8-12(16)14(13)15(17)18-20/h7-9,11,20H,4-6,10H2,1-3H3,(H2,17,18). The summed E-state index contributed by atoms with van der Waals surface area (Å²) < 4.78 is 14.0. The zero-order valence-electron chi connectivity index (χ0n) is 12.4. The van der Waals surface area contributed by atoms with E-state index in [9.17, 15) is 4.39 Å². The number of hydrogen-bond donors (Lipinski definition) is 2. The van der Waals surface area contributed by atoms with Gasteiger partial charge in [0.05, 0.1) is 11.3 Å². The third kappa shape index (κ3) is 3.62. The highest BCUT2D eigenvalue weighted by molar-refractivity contribution is 6.02. The van der Waals surface area contributed by atoms with Crippen molar-refractivity contribution in [1.29, 1.82) is 0 Å². The number of amidine groups is 1. The molecule has 0 aliphatic carbocycles. The zero-order valence-corrected chi connectivity index (χ0v) is 12.4. The Hall–Kier alpha value is -1.78. The van der Waals surface area contributed by atoms with Crippen molar-refractivity contribution in [2.24, 2.45) is 10.9 Å². The highest BCUT2D eigenvalue weighted by Gasteiger charge is 2.20. The molecule has 0 aliphatic heterocycles. The molecule has 0 amide bonds. The first-order valence-electron chi connectivity index (χ1n) is 7.09. The number of nitrogens with zero attached hydrogens (tertiary/aromatic N) is 2. The van der Waals surface area contributed by atoms with E-state index in [0.717, 1.165) is 25.8 Å². The fraction of sp³-hybridized carbons (Fsp3) is 0.533. The van der Waals surface area contributed by atoms with Gasteiger partial charge in [-0.15, -0.1) is 0 Å². The van der Waals surface area contributed by atoms with Crippen LogP contribution in [0.25, 0.3) is 0 Å². The number of hydrogen-bond acceptors (Lipinski definition) is 3. The summed E-state index contributed by atoms with van der Waals surface area (Å²) in [5.74, 6) is -0.662. The summed E-state index contributed by atoms with van der Waals surface area (Å²) in [6.07, 6.45) is 3.01. The van der Waals surface area contributed by atoms with Gasteiger partial charge in [0.25, 0.3) is 0 Å². The van der Waals surface area contributed by atoms with Crippen LogP contribution in [0.1, 0.15) is 45.6 Å². The van der Waals surface area contributed by atoms with Gasteiger partial charge in [0, 0.05) is 12.6 Å². The molecule has 0 saturated carbocycles. The predicted molar refractivity (Wildman–Crippen MR) is 80.9 cm³/mol. The van der Waals surface area contributed by atoms with Crippen molar-refractivity contribution in [1.82, 2.24) is 0 Å². The summed E-state index contributed by atoms with van der Waals surface area (Å²) in [5, 5.41) is 11.8. The lowest BCUT2D eigenvalue weighted by molar-refractivity contribution is 0.318. The van der Waals surface area contributed by atoms with Crippen LogP contribution in [0.15, 0.2) is 23.4 Å². The van der Waals surface area contributed by atoms with Crippen LogP contribution in [0, 0.1) is 5.82 Å². The third-order valence-electron chi connectivity index (χ3n) is 3.54. The Morgan fingerprint density at radius 1 is 1.45 bits per heavy atom. The maximum Gasteiger partial charge on any atom is 0.175 e. The lowest BCUT2D eigenvalue weighted by Crippen LogP contribution is -2.35. The van der Waals surface area contributed by atoms with Crippen LogP contribution in [0.2, 0.25) is 0 Å². The molecule has 0 radical (unpaired) electrons. The first-order valence-corrected chi connectivity index (χ1v) is 7.09. The number of unbranched alkanes of at least 4 members (excludes halogenated alkanes) is 1. The van der Waals surface area contributed by atoms with E-state index in [0.29, 0.717) is 5.69 Å². The van der Waals surface area contributed by atoms with E-state index in [-0.39, 0.29) is 17.4 Å². The average Bonchev–Trinajstić information content (AvgIpc) is 2.46. The van der Waals surface area contributed by atoms with Crippen molar-refractivity contribution in [3.63, 3.8) is 0 Å². The van der Waals surface area contributed by atoms with E-state index < -0.39 is 5.82 Å². The highest BCUT2D eigenvalue weighted by Crippen LogP contribution is 2.26. The fourth-order valence-electron chi connectivity index (χ4n) is 2.18. The molecular formula is C15H24FN3O. The number of rotatable bonds is 7. The van der Waals surface area contributed by atoms with Gasteiger partial charge >= 0.3 is 0 Å². The van der Waals surface area contributed by atoms with E-state index in [1.165, 1.54) is 6.07 Å².